The minimum atomic E-state index is 0.811. The summed E-state index contributed by atoms with van der Waals surface area (Å²) in [4.78, 5) is 4.70. The molecule has 0 aliphatic carbocycles. The summed E-state index contributed by atoms with van der Waals surface area (Å²) in [6.07, 6.45) is 11.4. The number of ether oxygens (including phenoxy) is 1. The average molecular weight is 819 g/mol. The normalized spacial score (nSPS) is 12.0. The fourth-order valence-corrected chi connectivity index (χ4v) is 9.25. The fourth-order valence-electron chi connectivity index (χ4n) is 9.25. The molecule has 0 spiro atoms. The third-order valence-corrected chi connectivity index (χ3v) is 12.3. The highest BCUT2D eigenvalue weighted by Crippen LogP contribution is 2.52. The van der Waals surface area contributed by atoms with Crippen molar-refractivity contribution in [2.75, 3.05) is 9.80 Å². The van der Waals surface area contributed by atoms with E-state index in [1.165, 1.54) is 27.3 Å². The van der Waals surface area contributed by atoms with Gasteiger partial charge in [0, 0.05) is 50.5 Å². The number of nitrogens with zero attached hydrogens (tertiary/aromatic N) is 2. The highest BCUT2D eigenvalue weighted by Gasteiger charge is 2.26. The molecule has 0 fully saturated rings. The Bertz CT molecular complexity index is 3480. The Morgan fingerprint density at radius 1 is 0.469 bits per heavy atom. The summed E-state index contributed by atoms with van der Waals surface area (Å²) in [5, 5.41) is 6.93. The maximum Gasteiger partial charge on any atom is 0.137 e. The number of hydrogen-bond acceptors (Lipinski definition) is 3. The van der Waals surface area contributed by atoms with Crippen LogP contribution in [0.4, 0.5) is 34.1 Å². The monoisotopic (exact) mass is 818 g/mol. The van der Waals surface area contributed by atoms with E-state index in [9.17, 15) is 0 Å². The third kappa shape index (κ3) is 6.85. The van der Waals surface area contributed by atoms with E-state index in [0.29, 0.717) is 0 Å². The van der Waals surface area contributed by atoms with Gasteiger partial charge in [-0.15, -0.1) is 6.42 Å². The van der Waals surface area contributed by atoms with Gasteiger partial charge in [0.25, 0.3) is 0 Å². The lowest BCUT2D eigenvalue weighted by Gasteiger charge is -2.31. The molecule has 3 heteroatoms. The number of benzene rings is 10. The van der Waals surface area contributed by atoms with E-state index in [-0.39, 0.29) is 0 Å². The summed E-state index contributed by atoms with van der Waals surface area (Å²) in [6.45, 7) is 2.03. The number of allylic oxidation sites excluding steroid dienone is 4. The fraction of sp³-hybridized carbons (Fsp3) is 0.0164. The van der Waals surface area contributed by atoms with Gasteiger partial charge in [-0.1, -0.05) is 152 Å². The van der Waals surface area contributed by atoms with E-state index in [1.54, 1.807) is 6.08 Å². The molecular weight excluding hydrogens is 777 g/mol. The van der Waals surface area contributed by atoms with E-state index in [2.05, 4.69) is 234 Å². The summed E-state index contributed by atoms with van der Waals surface area (Å²) in [5.74, 6) is 4.26. The lowest BCUT2D eigenvalue weighted by Crippen LogP contribution is -2.12. The van der Waals surface area contributed by atoms with Crippen molar-refractivity contribution in [1.29, 1.82) is 0 Å². The Morgan fingerprint density at radius 2 is 1.08 bits per heavy atom. The van der Waals surface area contributed by atoms with Crippen LogP contribution in [0.5, 0.6) is 11.5 Å². The van der Waals surface area contributed by atoms with Crippen molar-refractivity contribution in [3.63, 3.8) is 0 Å². The maximum atomic E-state index is 6.99. The highest BCUT2D eigenvalue weighted by atomic mass is 16.5. The molecule has 1 aliphatic rings. The lowest BCUT2D eigenvalue weighted by atomic mass is 9.93. The van der Waals surface area contributed by atoms with Crippen LogP contribution in [0.1, 0.15) is 12.5 Å². The first-order valence-corrected chi connectivity index (χ1v) is 21.6. The third-order valence-electron chi connectivity index (χ3n) is 12.3. The SMILES string of the molecule is C#C/C=C\C(=C/C)c1ccc(N(c2ccc3c(c2)Oc2ccc(N(c4ccc(-c5ccccc5)cc4)c4ccc5ccccc5c4)c4cccc-3c24)c2cccc3ccccc23)cc1. The van der Waals surface area contributed by atoms with E-state index in [1.807, 2.05) is 13.0 Å². The molecule has 0 unspecified atom stereocenters. The average Bonchev–Trinajstić information content (AvgIpc) is 3.36. The molecule has 0 saturated heterocycles. The standard InChI is InChI=1S/C61H42N2O/c1-3-5-15-42(4-2)45-26-31-50(32-27-45)63(57-25-13-21-47-19-11-12-22-53(47)57)52-36-37-54-55-23-14-24-56-58(38-39-59(61(55)56)64-60(54)41-52)62(51-35-30-44-18-9-10-20-48(44)40-51)49-33-28-46(29-34-49)43-16-7-6-8-17-43/h1,4-41H,2H3/b15-5-,42-4+. The van der Waals surface area contributed by atoms with Crippen LogP contribution < -0.4 is 14.5 Å². The molecule has 1 aliphatic heterocycles. The van der Waals surface area contributed by atoms with Gasteiger partial charge in [-0.05, 0) is 130 Å². The van der Waals surface area contributed by atoms with Crippen molar-refractivity contribution in [2.45, 2.75) is 6.92 Å². The predicted molar refractivity (Wildman–Crippen MR) is 271 cm³/mol. The summed E-state index contributed by atoms with van der Waals surface area (Å²) in [5.41, 5.74) is 13.1. The number of anilines is 6. The maximum absolute atomic E-state index is 6.99. The molecule has 0 N–H and O–H groups in total. The van der Waals surface area contributed by atoms with Crippen LogP contribution in [-0.2, 0) is 0 Å². The summed E-state index contributed by atoms with van der Waals surface area (Å²) < 4.78 is 6.99. The Kier molecular flexibility index (Phi) is 9.81. The first-order chi connectivity index (χ1) is 31.6. The van der Waals surface area contributed by atoms with Crippen molar-refractivity contribution in [2.24, 2.45) is 0 Å². The molecule has 0 radical (unpaired) electrons. The molecule has 11 rings (SSSR count). The molecule has 0 atom stereocenters. The van der Waals surface area contributed by atoms with Gasteiger partial charge < -0.3 is 14.5 Å². The van der Waals surface area contributed by atoms with Crippen LogP contribution in [0.25, 0.3) is 60.1 Å². The highest BCUT2D eigenvalue weighted by molar-refractivity contribution is 6.11. The van der Waals surface area contributed by atoms with Crippen molar-refractivity contribution in [3.05, 3.63) is 236 Å². The molecule has 0 amide bonds. The van der Waals surface area contributed by atoms with Crippen LogP contribution >= 0.6 is 0 Å². The van der Waals surface area contributed by atoms with Gasteiger partial charge in [-0.25, -0.2) is 0 Å². The van der Waals surface area contributed by atoms with Crippen LogP contribution in [0.15, 0.2) is 231 Å². The molecule has 10 aromatic rings. The zero-order chi connectivity index (χ0) is 43.0. The van der Waals surface area contributed by atoms with E-state index in [4.69, 9.17) is 11.2 Å². The van der Waals surface area contributed by atoms with Gasteiger partial charge in [0.05, 0.1) is 11.4 Å². The summed E-state index contributed by atoms with van der Waals surface area (Å²) in [6, 6.07) is 76.0. The van der Waals surface area contributed by atoms with Gasteiger partial charge in [0.2, 0.25) is 0 Å². The predicted octanol–water partition coefficient (Wildman–Crippen LogP) is 17.1. The minimum Gasteiger partial charge on any atom is -0.456 e. The Morgan fingerprint density at radius 3 is 1.86 bits per heavy atom. The Balaban J connectivity index is 1.04. The number of rotatable bonds is 9. The van der Waals surface area contributed by atoms with Crippen LogP contribution in [0, 0.1) is 12.3 Å². The second-order valence-electron chi connectivity index (χ2n) is 16.0. The zero-order valence-electron chi connectivity index (χ0n) is 35.3. The number of hydrogen-bond donors (Lipinski definition) is 0. The van der Waals surface area contributed by atoms with Crippen molar-refractivity contribution < 1.29 is 4.74 Å². The molecule has 3 nitrogen and oxygen atoms in total. The van der Waals surface area contributed by atoms with Gasteiger partial charge in [0.1, 0.15) is 11.5 Å². The van der Waals surface area contributed by atoms with E-state index in [0.717, 1.165) is 84.0 Å². The topological polar surface area (TPSA) is 15.7 Å². The molecular formula is C61H42N2O. The van der Waals surface area contributed by atoms with Gasteiger partial charge in [-0.3, -0.25) is 0 Å². The largest absolute Gasteiger partial charge is 0.456 e. The summed E-state index contributed by atoms with van der Waals surface area (Å²) in [7, 11) is 0. The minimum absolute atomic E-state index is 0.811. The van der Waals surface area contributed by atoms with Crippen LogP contribution in [0.3, 0.4) is 0 Å². The van der Waals surface area contributed by atoms with Gasteiger partial charge in [-0.2, -0.15) is 0 Å². The second-order valence-corrected chi connectivity index (χ2v) is 16.0. The first-order valence-electron chi connectivity index (χ1n) is 21.6. The van der Waals surface area contributed by atoms with Crippen LogP contribution in [0.2, 0.25) is 0 Å². The first kappa shape index (κ1) is 38.3. The molecule has 0 bridgehead atoms. The molecule has 10 aromatic carbocycles. The molecule has 1 heterocycles. The Hall–Kier alpha value is -8.58. The van der Waals surface area contributed by atoms with Crippen LogP contribution in [-0.4, -0.2) is 0 Å². The quantitative estimate of drug-likeness (QED) is 0.107. The van der Waals surface area contributed by atoms with E-state index < -0.39 is 0 Å². The molecule has 64 heavy (non-hydrogen) atoms. The molecule has 0 aromatic heterocycles. The van der Waals surface area contributed by atoms with Crippen molar-refractivity contribution in [1.82, 2.24) is 0 Å². The Labute approximate surface area is 374 Å². The molecule has 0 saturated carbocycles. The van der Waals surface area contributed by atoms with Crippen molar-refractivity contribution >= 4 is 72.0 Å². The van der Waals surface area contributed by atoms with E-state index >= 15 is 0 Å². The van der Waals surface area contributed by atoms with Gasteiger partial charge in [0.15, 0.2) is 0 Å². The number of terminal acetylenes is 1. The molecule has 302 valence electrons. The zero-order valence-corrected chi connectivity index (χ0v) is 35.3. The van der Waals surface area contributed by atoms with Gasteiger partial charge >= 0.3 is 0 Å². The summed E-state index contributed by atoms with van der Waals surface area (Å²) >= 11 is 0. The smallest absolute Gasteiger partial charge is 0.137 e. The lowest BCUT2D eigenvalue weighted by molar-refractivity contribution is 0.487. The second kappa shape index (κ2) is 16.4. The van der Waals surface area contributed by atoms with Crippen molar-refractivity contribution in [3.8, 4) is 46.1 Å². The number of fused-ring (bicyclic) bond motifs is 4.